The number of amides is 1. The van der Waals surface area contributed by atoms with Crippen LogP contribution < -0.4 is 10.2 Å². The summed E-state index contributed by atoms with van der Waals surface area (Å²) in [6, 6.07) is 18.4. The number of hydrogen-bond acceptors (Lipinski definition) is 3. The van der Waals surface area contributed by atoms with Crippen LogP contribution in [0.4, 0.5) is 0 Å². The van der Waals surface area contributed by atoms with Crippen LogP contribution in [0.15, 0.2) is 70.2 Å². The number of carbonyl (C=O) groups is 1. The van der Waals surface area contributed by atoms with Gasteiger partial charge in [-0.05, 0) is 66.1 Å². The largest absolute Gasteiger partial charge is 0.487 e. The molecule has 0 heterocycles. The predicted octanol–water partition coefficient (Wildman–Crippen LogP) is 6.41. The number of rotatable bonds is 6. The van der Waals surface area contributed by atoms with Gasteiger partial charge in [-0.1, -0.05) is 57.3 Å². The molecule has 0 fully saturated rings. The highest BCUT2D eigenvalue weighted by molar-refractivity contribution is 9.10. The third kappa shape index (κ3) is 6.07. The van der Waals surface area contributed by atoms with E-state index in [1.54, 1.807) is 30.3 Å². The fraction of sp³-hybridized carbons (Fsp3) is 0.0909. The molecular weight excluding hydrogens is 475 g/mol. The molecule has 3 rings (SSSR count). The van der Waals surface area contributed by atoms with E-state index in [1.165, 1.54) is 6.21 Å². The highest BCUT2D eigenvalue weighted by Crippen LogP contribution is 2.26. The number of hydrazone groups is 1. The van der Waals surface area contributed by atoms with Gasteiger partial charge in [0.25, 0.3) is 5.91 Å². The zero-order valence-electron chi connectivity index (χ0n) is 15.5. The zero-order chi connectivity index (χ0) is 20.8. The third-order valence-corrected chi connectivity index (χ3v) is 5.15. The fourth-order valence-corrected chi connectivity index (χ4v) is 3.31. The molecule has 1 amide bonds. The fourth-order valence-electron chi connectivity index (χ4n) is 2.49. The van der Waals surface area contributed by atoms with Crippen molar-refractivity contribution in [3.63, 3.8) is 0 Å². The van der Waals surface area contributed by atoms with Crippen LogP contribution in [0, 0.1) is 6.92 Å². The molecule has 0 spiro atoms. The molecule has 0 atom stereocenters. The zero-order valence-corrected chi connectivity index (χ0v) is 18.6. The molecule has 0 radical (unpaired) electrons. The standard InChI is InChI=1S/C22H17BrCl2N2O2/c1-14-2-8-18(19(24)10-14)22(28)27-26-12-16-5-9-21(20(25)11-16)29-13-15-3-6-17(23)7-4-15/h2-12H,13H2,1H3,(H,27,28)/b26-12-. The third-order valence-electron chi connectivity index (χ3n) is 4.01. The Morgan fingerprint density at radius 1 is 1.07 bits per heavy atom. The van der Waals surface area contributed by atoms with Crippen molar-refractivity contribution in [2.75, 3.05) is 0 Å². The number of aryl methyl sites for hydroxylation is 1. The van der Waals surface area contributed by atoms with E-state index in [0.29, 0.717) is 28.0 Å². The Morgan fingerprint density at radius 2 is 1.83 bits per heavy atom. The maximum Gasteiger partial charge on any atom is 0.272 e. The molecule has 3 aromatic rings. The summed E-state index contributed by atoms with van der Waals surface area (Å²) in [4.78, 5) is 12.2. The predicted molar refractivity (Wildman–Crippen MR) is 121 cm³/mol. The summed E-state index contributed by atoms with van der Waals surface area (Å²) in [6.45, 7) is 2.32. The molecule has 0 bridgehead atoms. The Bertz CT molecular complexity index is 1050. The molecule has 0 aromatic heterocycles. The van der Waals surface area contributed by atoms with Gasteiger partial charge in [0.2, 0.25) is 0 Å². The maximum atomic E-state index is 12.2. The lowest BCUT2D eigenvalue weighted by atomic mass is 10.1. The van der Waals surface area contributed by atoms with Crippen molar-refractivity contribution in [2.24, 2.45) is 5.10 Å². The van der Waals surface area contributed by atoms with E-state index < -0.39 is 0 Å². The first-order chi connectivity index (χ1) is 13.9. The van der Waals surface area contributed by atoms with Crippen molar-refractivity contribution in [3.8, 4) is 5.75 Å². The van der Waals surface area contributed by atoms with Crippen molar-refractivity contribution in [1.29, 1.82) is 0 Å². The summed E-state index contributed by atoms with van der Waals surface area (Å²) in [6.07, 6.45) is 1.50. The highest BCUT2D eigenvalue weighted by Gasteiger charge is 2.09. The number of nitrogens with one attached hydrogen (secondary N) is 1. The molecule has 0 unspecified atom stereocenters. The molecular formula is C22H17BrCl2N2O2. The number of carbonyl (C=O) groups excluding carboxylic acids is 1. The van der Waals surface area contributed by atoms with Crippen LogP contribution in [0.25, 0.3) is 0 Å². The second-order valence-electron chi connectivity index (χ2n) is 6.29. The maximum absolute atomic E-state index is 12.2. The van der Waals surface area contributed by atoms with Crippen LogP contribution in [0.2, 0.25) is 10.0 Å². The topological polar surface area (TPSA) is 50.7 Å². The Labute approximate surface area is 187 Å². The van der Waals surface area contributed by atoms with Crippen LogP contribution in [0.1, 0.15) is 27.0 Å². The van der Waals surface area contributed by atoms with Crippen LogP contribution >= 0.6 is 39.1 Å². The lowest BCUT2D eigenvalue weighted by Gasteiger charge is -2.09. The molecule has 1 N–H and O–H groups in total. The van der Waals surface area contributed by atoms with Gasteiger partial charge in [-0.25, -0.2) is 5.43 Å². The van der Waals surface area contributed by atoms with E-state index in [9.17, 15) is 4.79 Å². The number of hydrogen-bond donors (Lipinski definition) is 1. The highest BCUT2D eigenvalue weighted by atomic mass is 79.9. The second-order valence-corrected chi connectivity index (χ2v) is 8.02. The Hall–Kier alpha value is -2.34. The SMILES string of the molecule is Cc1ccc(C(=O)N/N=C\c2ccc(OCc3ccc(Br)cc3)c(Cl)c2)c(Cl)c1. The summed E-state index contributed by atoms with van der Waals surface area (Å²) >= 11 is 15.8. The quantitative estimate of drug-likeness (QED) is 0.320. The molecule has 0 aliphatic heterocycles. The summed E-state index contributed by atoms with van der Waals surface area (Å²) in [7, 11) is 0. The van der Waals surface area contributed by atoms with E-state index in [1.807, 2.05) is 37.3 Å². The average molecular weight is 492 g/mol. The normalized spacial score (nSPS) is 10.9. The summed E-state index contributed by atoms with van der Waals surface area (Å²) in [5, 5.41) is 4.81. The van der Waals surface area contributed by atoms with Crippen molar-refractivity contribution >= 4 is 51.3 Å². The second kappa shape index (κ2) is 9.92. The van der Waals surface area contributed by atoms with Gasteiger partial charge < -0.3 is 4.74 Å². The minimum atomic E-state index is -0.383. The van der Waals surface area contributed by atoms with E-state index in [-0.39, 0.29) is 5.91 Å². The Balaban J connectivity index is 1.59. The minimum absolute atomic E-state index is 0.365. The summed E-state index contributed by atoms with van der Waals surface area (Å²) < 4.78 is 6.78. The first-order valence-electron chi connectivity index (χ1n) is 8.69. The number of halogens is 3. The Kier molecular flexibility index (Phi) is 7.31. The van der Waals surface area contributed by atoms with Gasteiger partial charge in [0.05, 0.1) is 21.8 Å². The molecule has 0 aliphatic rings. The number of ether oxygens (including phenoxy) is 1. The van der Waals surface area contributed by atoms with E-state index in [0.717, 1.165) is 21.2 Å². The smallest absolute Gasteiger partial charge is 0.272 e. The summed E-state index contributed by atoms with van der Waals surface area (Å²) in [5.41, 5.74) is 5.56. The lowest BCUT2D eigenvalue weighted by molar-refractivity contribution is 0.0955. The monoisotopic (exact) mass is 490 g/mol. The molecule has 0 saturated carbocycles. The van der Waals surface area contributed by atoms with Gasteiger partial charge in [-0.3, -0.25) is 4.79 Å². The van der Waals surface area contributed by atoms with Gasteiger partial charge in [-0.15, -0.1) is 0 Å². The first-order valence-corrected chi connectivity index (χ1v) is 10.2. The molecule has 0 saturated heterocycles. The van der Waals surface area contributed by atoms with Crippen LogP contribution in [0.5, 0.6) is 5.75 Å². The van der Waals surface area contributed by atoms with Gasteiger partial charge in [-0.2, -0.15) is 5.10 Å². The average Bonchev–Trinajstić information content (AvgIpc) is 2.68. The van der Waals surface area contributed by atoms with E-state index >= 15 is 0 Å². The lowest BCUT2D eigenvalue weighted by Crippen LogP contribution is -2.18. The van der Waals surface area contributed by atoms with Crippen molar-refractivity contribution in [3.05, 3.63) is 97.4 Å². The minimum Gasteiger partial charge on any atom is -0.487 e. The molecule has 148 valence electrons. The van der Waals surface area contributed by atoms with Crippen LogP contribution in [0.3, 0.4) is 0 Å². The number of benzene rings is 3. The van der Waals surface area contributed by atoms with Crippen molar-refractivity contribution in [2.45, 2.75) is 13.5 Å². The molecule has 4 nitrogen and oxygen atoms in total. The van der Waals surface area contributed by atoms with E-state index in [2.05, 4.69) is 26.5 Å². The van der Waals surface area contributed by atoms with Gasteiger partial charge in [0.15, 0.2) is 0 Å². The molecule has 29 heavy (non-hydrogen) atoms. The van der Waals surface area contributed by atoms with Crippen LogP contribution in [-0.4, -0.2) is 12.1 Å². The van der Waals surface area contributed by atoms with Crippen molar-refractivity contribution in [1.82, 2.24) is 5.43 Å². The molecule has 7 heteroatoms. The Morgan fingerprint density at radius 3 is 2.52 bits per heavy atom. The van der Waals surface area contributed by atoms with E-state index in [4.69, 9.17) is 27.9 Å². The van der Waals surface area contributed by atoms with Gasteiger partial charge >= 0.3 is 0 Å². The van der Waals surface area contributed by atoms with Crippen LogP contribution in [-0.2, 0) is 6.61 Å². The summed E-state index contributed by atoms with van der Waals surface area (Å²) in [5.74, 6) is 0.189. The van der Waals surface area contributed by atoms with Gasteiger partial charge in [0, 0.05) is 4.47 Å². The number of nitrogens with zero attached hydrogens (tertiary/aromatic N) is 1. The first kappa shape index (κ1) is 21.4. The van der Waals surface area contributed by atoms with Crippen molar-refractivity contribution < 1.29 is 9.53 Å². The van der Waals surface area contributed by atoms with Gasteiger partial charge in [0.1, 0.15) is 12.4 Å². The molecule has 3 aromatic carbocycles. The molecule has 0 aliphatic carbocycles.